The zero-order chi connectivity index (χ0) is 26.2. The van der Waals surface area contributed by atoms with Crippen LogP contribution in [0, 0.1) is 0 Å². The number of nitrogens with zero attached hydrogens (tertiary/aromatic N) is 4. The molecule has 2 atom stereocenters. The maximum absolute atomic E-state index is 13.6. The standard InChI is InChI=1S/C26H34N6O5/c27-21(15-20-16-28-18-29-20)24(34)32(26(36)37-17-19-7-2-1-3-8-19)25(35)22-9-4-11-30(22)13-6-14-31-12-5-10-23(31)33/h1-3,7-8,16,18,21-22H,4-6,9-15,17,27H2,(H,28,29)/t21-,22-/m0/s1. The van der Waals surface area contributed by atoms with Crippen LogP contribution in [0.25, 0.3) is 0 Å². The first-order chi connectivity index (χ1) is 17.9. The number of benzene rings is 1. The van der Waals surface area contributed by atoms with Gasteiger partial charge in [0.25, 0.3) is 11.8 Å². The lowest BCUT2D eigenvalue weighted by Crippen LogP contribution is -2.55. The van der Waals surface area contributed by atoms with Gasteiger partial charge in [-0.2, -0.15) is 4.90 Å². The molecule has 2 aliphatic heterocycles. The number of nitrogens with one attached hydrogen (secondary N) is 1. The predicted octanol–water partition coefficient (Wildman–Crippen LogP) is 1.45. The minimum atomic E-state index is -1.15. The summed E-state index contributed by atoms with van der Waals surface area (Å²) in [7, 11) is 0. The van der Waals surface area contributed by atoms with Crippen LogP contribution < -0.4 is 5.73 Å². The highest BCUT2D eigenvalue weighted by molar-refractivity contribution is 6.11. The maximum atomic E-state index is 13.6. The van der Waals surface area contributed by atoms with E-state index in [1.807, 2.05) is 28.0 Å². The van der Waals surface area contributed by atoms with Crippen molar-refractivity contribution in [1.29, 1.82) is 0 Å². The van der Waals surface area contributed by atoms with E-state index in [4.69, 9.17) is 10.5 Å². The molecular formula is C26H34N6O5. The number of hydrogen-bond donors (Lipinski definition) is 2. The zero-order valence-electron chi connectivity index (χ0n) is 20.9. The number of nitrogens with two attached hydrogens (primary N) is 1. The van der Waals surface area contributed by atoms with Gasteiger partial charge in [-0.3, -0.25) is 19.3 Å². The van der Waals surface area contributed by atoms with E-state index < -0.39 is 30.0 Å². The summed E-state index contributed by atoms with van der Waals surface area (Å²) in [6.45, 7) is 2.58. The topological polar surface area (TPSA) is 142 Å². The molecule has 4 rings (SSSR count). The summed E-state index contributed by atoms with van der Waals surface area (Å²) in [5.74, 6) is -1.28. The fourth-order valence-electron chi connectivity index (χ4n) is 4.88. The molecule has 2 fully saturated rings. The molecule has 2 saturated heterocycles. The molecule has 2 aromatic rings. The number of imidazole rings is 1. The highest BCUT2D eigenvalue weighted by Gasteiger charge is 2.41. The Bertz CT molecular complexity index is 1080. The minimum absolute atomic E-state index is 0.0658. The number of aromatic nitrogens is 2. The van der Waals surface area contributed by atoms with Crippen LogP contribution in [0.1, 0.15) is 43.4 Å². The van der Waals surface area contributed by atoms with E-state index in [0.29, 0.717) is 49.5 Å². The normalized spacial score (nSPS) is 18.7. The van der Waals surface area contributed by atoms with Crippen LogP contribution in [-0.4, -0.2) is 86.7 Å². The smallest absolute Gasteiger partial charge is 0.423 e. The van der Waals surface area contributed by atoms with E-state index >= 15 is 0 Å². The average molecular weight is 511 g/mol. The van der Waals surface area contributed by atoms with Gasteiger partial charge in [-0.05, 0) is 37.8 Å². The van der Waals surface area contributed by atoms with Crippen molar-refractivity contribution in [2.24, 2.45) is 5.73 Å². The van der Waals surface area contributed by atoms with Crippen molar-refractivity contribution in [3.8, 4) is 0 Å². The number of carbonyl (C=O) groups excluding carboxylic acids is 4. The largest absolute Gasteiger partial charge is 0.444 e. The zero-order valence-corrected chi connectivity index (χ0v) is 20.9. The second-order valence-electron chi connectivity index (χ2n) is 9.46. The van der Waals surface area contributed by atoms with Gasteiger partial charge < -0.3 is 20.4 Å². The van der Waals surface area contributed by atoms with Crippen LogP contribution in [0.2, 0.25) is 0 Å². The van der Waals surface area contributed by atoms with Crippen molar-refractivity contribution in [3.63, 3.8) is 0 Å². The average Bonchev–Trinajstić information content (AvgIpc) is 3.67. The Morgan fingerprint density at radius 1 is 1.16 bits per heavy atom. The molecule has 37 heavy (non-hydrogen) atoms. The Morgan fingerprint density at radius 3 is 2.68 bits per heavy atom. The van der Waals surface area contributed by atoms with E-state index in [9.17, 15) is 19.2 Å². The van der Waals surface area contributed by atoms with Crippen molar-refractivity contribution in [3.05, 3.63) is 54.1 Å². The summed E-state index contributed by atoms with van der Waals surface area (Å²) in [4.78, 5) is 63.3. The molecule has 1 aromatic heterocycles. The van der Waals surface area contributed by atoms with Gasteiger partial charge in [0.05, 0.1) is 24.1 Å². The highest BCUT2D eigenvalue weighted by Crippen LogP contribution is 2.22. The van der Waals surface area contributed by atoms with Crippen molar-refractivity contribution in [1.82, 2.24) is 24.7 Å². The summed E-state index contributed by atoms with van der Waals surface area (Å²) in [5, 5.41) is 0. The van der Waals surface area contributed by atoms with E-state index in [2.05, 4.69) is 9.97 Å². The first-order valence-electron chi connectivity index (χ1n) is 12.8. The van der Waals surface area contributed by atoms with E-state index in [0.717, 1.165) is 24.9 Å². The van der Waals surface area contributed by atoms with Gasteiger partial charge in [0.1, 0.15) is 6.61 Å². The fraction of sp³-hybridized carbons (Fsp3) is 0.500. The second kappa shape index (κ2) is 12.6. The van der Waals surface area contributed by atoms with Gasteiger partial charge in [-0.15, -0.1) is 0 Å². The molecule has 3 heterocycles. The Kier molecular flexibility index (Phi) is 9.02. The van der Waals surface area contributed by atoms with Gasteiger partial charge >= 0.3 is 6.09 Å². The Hall–Kier alpha value is -3.57. The fourth-order valence-corrected chi connectivity index (χ4v) is 4.88. The molecule has 198 valence electrons. The number of amides is 4. The Balaban J connectivity index is 1.44. The van der Waals surface area contributed by atoms with Crippen LogP contribution >= 0.6 is 0 Å². The lowest BCUT2D eigenvalue weighted by atomic mass is 10.1. The van der Waals surface area contributed by atoms with E-state index in [1.165, 1.54) is 6.33 Å². The van der Waals surface area contributed by atoms with Gasteiger partial charge in [-0.1, -0.05) is 30.3 Å². The molecule has 11 heteroatoms. The van der Waals surface area contributed by atoms with Crippen molar-refractivity contribution < 1.29 is 23.9 Å². The second-order valence-corrected chi connectivity index (χ2v) is 9.46. The lowest BCUT2D eigenvalue weighted by Gasteiger charge is -2.29. The number of hydrogen-bond acceptors (Lipinski definition) is 8. The highest BCUT2D eigenvalue weighted by atomic mass is 16.6. The molecule has 3 N–H and O–H groups in total. The molecule has 0 spiro atoms. The molecule has 2 aliphatic rings. The van der Waals surface area contributed by atoms with Gasteiger partial charge in [-0.25, -0.2) is 9.78 Å². The van der Waals surface area contributed by atoms with Crippen molar-refractivity contribution in [2.75, 3.05) is 26.2 Å². The summed E-state index contributed by atoms with van der Waals surface area (Å²) in [6.07, 6.45) is 5.57. The number of H-pyrrole nitrogens is 1. The summed E-state index contributed by atoms with van der Waals surface area (Å²) < 4.78 is 5.38. The first-order valence-corrected chi connectivity index (χ1v) is 12.8. The summed E-state index contributed by atoms with van der Waals surface area (Å²) >= 11 is 0. The molecular weight excluding hydrogens is 476 g/mol. The number of likely N-dealkylation sites (tertiary alicyclic amines) is 2. The van der Waals surface area contributed by atoms with Crippen LogP contribution in [0.5, 0.6) is 0 Å². The maximum Gasteiger partial charge on any atom is 0.423 e. The molecule has 0 aliphatic carbocycles. The first kappa shape index (κ1) is 26.5. The molecule has 11 nitrogen and oxygen atoms in total. The molecule has 0 saturated carbocycles. The van der Waals surface area contributed by atoms with Crippen LogP contribution in [-0.2, 0) is 32.1 Å². The van der Waals surface area contributed by atoms with Crippen molar-refractivity contribution >= 4 is 23.8 Å². The number of imide groups is 3. The van der Waals surface area contributed by atoms with Crippen LogP contribution in [0.4, 0.5) is 4.79 Å². The number of rotatable bonds is 10. The van der Waals surface area contributed by atoms with Gasteiger partial charge in [0.2, 0.25) is 5.91 Å². The monoisotopic (exact) mass is 510 g/mol. The summed E-state index contributed by atoms with van der Waals surface area (Å²) in [5.41, 5.74) is 7.41. The van der Waals surface area contributed by atoms with E-state index in [-0.39, 0.29) is 18.9 Å². The number of ether oxygens (including phenoxy) is 1. The number of aromatic amines is 1. The van der Waals surface area contributed by atoms with Crippen LogP contribution in [0.3, 0.4) is 0 Å². The third-order valence-electron chi connectivity index (χ3n) is 6.82. The molecule has 4 amide bonds. The predicted molar refractivity (Wildman–Crippen MR) is 134 cm³/mol. The number of carbonyl (C=O) groups is 4. The Morgan fingerprint density at radius 2 is 1.97 bits per heavy atom. The Labute approximate surface area is 215 Å². The SMILES string of the molecule is N[C@@H](Cc1c[nH]cn1)C(=O)N(C(=O)OCc1ccccc1)C(=O)[C@@H]1CCCN1CCCN1CCCC1=O. The lowest BCUT2D eigenvalue weighted by molar-refractivity contribution is -0.146. The summed E-state index contributed by atoms with van der Waals surface area (Å²) in [6, 6.07) is 7.25. The van der Waals surface area contributed by atoms with Gasteiger partial charge in [0, 0.05) is 38.7 Å². The third kappa shape index (κ3) is 6.80. The molecule has 1 aromatic carbocycles. The van der Waals surface area contributed by atoms with Crippen LogP contribution in [0.15, 0.2) is 42.9 Å². The molecule has 0 unspecified atom stereocenters. The van der Waals surface area contributed by atoms with Gasteiger partial charge in [0.15, 0.2) is 0 Å². The third-order valence-corrected chi connectivity index (χ3v) is 6.82. The van der Waals surface area contributed by atoms with Crippen molar-refractivity contribution in [2.45, 2.75) is 57.2 Å². The molecule has 0 radical (unpaired) electrons. The molecule has 0 bridgehead atoms. The minimum Gasteiger partial charge on any atom is -0.444 e. The van der Waals surface area contributed by atoms with E-state index in [1.54, 1.807) is 18.3 Å². The quantitative estimate of drug-likeness (QED) is 0.489.